The second-order valence-corrected chi connectivity index (χ2v) is 5.91. The minimum atomic E-state index is 0.306. The molecule has 0 amide bonds. The lowest BCUT2D eigenvalue weighted by atomic mass is 10.2. The molecule has 0 saturated heterocycles. The predicted molar refractivity (Wildman–Crippen MR) is 76.6 cm³/mol. The topological polar surface area (TPSA) is 29.9 Å². The zero-order chi connectivity index (χ0) is 12.4. The quantitative estimate of drug-likeness (QED) is 0.925. The molecule has 1 atom stereocenters. The van der Waals surface area contributed by atoms with Crippen molar-refractivity contribution in [2.45, 2.75) is 26.3 Å². The maximum Gasteiger partial charge on any atom is 0.0853 e. The molecule has 0 aromatic carbocycles. The Bertz CT molecular complexity index is 504. The van der Waals surface area contributed by atoms with Crippen molar-refractivity contribution in [3.63, 3.8) is 0 Å². The summed E-state index contributed by atoms with van der Waals surface area (Å²) in [5.74, 6) is 0. The molecule has 2 aromatic heterocycles. The van der Waals surface area contributed by atoms with E-state index in [1.807, 2.05) is 17.9 Å². The van der Waals surface area contributed by atoms with Gasteiger partial charge in [0.25, 0.3) is 0 Å². The Labute approximate surface area is 114 Å². The molecule has 3 nitrogen and oxygen atoms in total. The standard InChI is InChI=1S/C12H16BrN3S/c1-4-10-11(6-16(3)15-10)14-8(2)12-5-9(13)7-17-12/h5-8,14H,4H2,1-3H3. The third-order valence-corrected chi connectivity index (χ3v) is 4.50. The van der Waals surface area contributed by atoms with Gasteiger partial charge in [0.2, 0.25) is 0 Å². The molecule has 92 valence electrons. The fraction of sp³-hybridized carbons (Fsp3) is 0.417. The molecule has 0 bridgehead atoms. The van der Waals surface area contributed by atoms with Crippen molar-refractivity contribution in [3.8, 4) is 0 Å². The molecule has 17 heavy (non-hydrogen) atoms. The van der Waals surface area contributed by atoms with E-state index in [0.29, 0.717) is 6.04 Å². The van der Waals surface area contributed by atoms with Gasteiger partial charge in [-0.05, 0) is 35.3 Å². The number of aryl methyl sites for hydroxylation is 2. The molecule has 0 aliphatic rings. The van der Waals surface area contributed by atoms with Gasteiger partial charge in [-0.1, -0.05) is 6.92 Å². The van der Waals surface area contributed by atoms with Crippen LogP contribution in [0.3, 0.4) is 0 Å². The highest BCUT2D eigenvalue weighted by Gasteiger charge is 2.12. The fourth-order valence-electron chi connectivity index (χ4n) is 1.78. The SMILES string of the molecule is CCc1nn(C)cc1NC(C)c1cc(Br)cs1. The number of rotatable bonds is 4. The van der Waals surface area contributed by atoms with Crippen molar-refractivity contribution in [1.29, 1.82) is 0 Å². The zero-order valence-corrected chi connectivity index (χ0v) is 12.6. The highest BCUT2D eigenvalue weighted by molar-refractivity contribution is 9.10. The lowest BCUT2D eigenvalue weighted by molar-refractivity contribution is 0.746. The van der Waals surface area contributed by atoms with Gasteiger partial charge in [-0.2, -0.15) is 5.10 Å². The van der Waals surface area contributed by atoms with Crippen LogP contribution >= 0.6 is 27.3 Å². The number of hydrogen-bond acceptors (Lipinski definition) is 3. The normalized spacial score (nSPS) is 12.7. The minimum absolute atomic E-state index is 0.306. The number of hydrogen-bond donors (Lipinski definition) is 1. The van der Waals surface area contributed by atoms with E-state index in [4.69, 9.17) is 0 Å². The largest absolute Gasteiger partial charge is 0.375 e. The Hall–Kier alpha value is -0.810. The van der Waals surface area contributed by atoms with Crippen molar-refractivity contribution in [3.05, 3.63) is 32.7 Å². The first-order valence-electron chi connectivity index (χ1n) is 5.63. The van der Waals surface area contributed by atoms with Gasteiger partial charge < -0.3 is 5.32 Å². The Morgan fingerprint density at radius 2 is 2.35 bits per heavy atom. The van der Waals surface area contributed by atoms with Crippen molar-refractivity contribution >= 4 is 33.0 Å². The van der Waals surface area contributed by atoms with Crippen LogP contribution < -0.4 is 5.32 Å². The molecule has 2 aromatic rings. The third-order valence-electron chi connectivity index (χ3n) is 2.63. The highest BCUT2D eigenvalue weighted by atomic mass is 79.9. The average Bonchev–Trinajstić information content (AvgIpc) is 2.85. The summed E-state index contributed by atoms with van der Waals surface area (Å²) < 4.78 is 3.01. The Morgan fingerprint density at radius 3 is 2.94 bits per heavy atom. The summed E-state index contributed by atoms with van der Waals surface area (Å²) >= 11 is 5.24. The van der Waals surface area contributed by atoms with E-state index < -0.39 is 0 Å². The third kappa shape index (κ3) is 2.90. The van der Waals surface area contributed by atoms with E-state index >= 15 is 0 Å². The summed E-state index contributed by atoms with van der Waals surface area (Å²) in [6.45, 7) is 4.30. The molecular formula is C12H16BrN3S. The van der Waals surface area contributed by atoms with Gasteiger partial charge in [0, 0.05) is 28.0 Å². The molecule has 0 spiro atoms. The van der Waals surface area contributed by atoms with Gasteiger partial charge in [0.05, 0.1) is 17.4 Å². The van der Waals surface area contributed by atoms with Crippen molar-refractivity contribution in [2.24, 2.45) is 7.05 Å². The van der Waals surface area contributed by atoms with Crippen LogP contribution in [-0.4, -0.2) is 9.78 Å². The number of thiophene rings is 1. The fourth-order valence-corrected chi connectivity index (χ4v) is 3.23. The smallest absolute Gasteiger partial charge is 0.0853 e. The van der Waals surface area contributed by atoms with Gasteiger partial charge in [-0.3, -0.25) is 4.68 Å². The zero-order valence-electron chi connectivity index (χ0n) is 10.2. The first kappa shape index (κ1) is 12.6. The van der Waals surface area contributed by atoms with Crippen LogP contribution in [0.2, 0.25) is 0 Å². The van der Waals surface area contributed by atoms with Crippen LogP contribution in [0.4, 0.5) is 5.69 Å². The van der Waals surface area contributed by atoms with Crippen LogP contribution in [0.5, 0.6) is 0 Å². The summed E-state index contributed by atoms with van der Waals surface area (Å²) in [4.78, 5) is 1.32. The van der Waals surface area contributed by atoms with Crippen molar-refractivity contribution in [1.82, 2.24) is 9.78 Å². The Balaban J connectivity index is 2.14. The molecule has 2 rings (SSSR count). The molecule has 0 aliphatic heterocycles. The van der Waals surface area contributed by atoms with Gasteiger partial charge >= 0.3 is 0 Å². The van der Waals surface area contributed by atoms with E-state index in [-0.39, 0.29) is 0 Å². The summed E-state index contributed by atoms with van der Waals surface area (Å²) in [6, 6.07) is 2.46. The molecule has 1 unspecified atom stereocenters. The molecule has 5 heteroatoms. The summed E-state index contributed by atoms with van der Waals surface area (Å²) in [7, 11) is 1.96. The lowest BCUT2D eigenvalue weighted by Gasteiger charge is -2.12. The van der Waals surface area contributed by atoms with Crippen LogP contribution in [0.1, 0.15) is 30.5 Å². The molecule has 0 fully saturated rings. The molecule has 2 heterocycles. The maximum atomic E-state index is 4.43. The summed E-state index contributed by atoms with van der Waals surface area (Å²) in [5, 5.41) is 10.1. The Kier molecular flexibility index (Phi) is 3.89. The van der Waals surface area contributed by atoms with E-state index in [1.165, 1.54) is 4.88 Å². The maximum absolute atomic E-state index is 4.43. The molecule has 1 N–H and O–H groups in total. The minimum Gasteiger partial charge on any atom is -0.375 e. The van der Waals surface area contributed by atoms with E-state index in [0.717, 1.165) is 22.3 Å². The van der Waals surface area contributed by atoms with E-state index in [1.54, 1.807) is 11.3 Å². The van der Waals surface area contributed by atoms with E-state index in [9.17, 15) is 0 Å². The number of anilines is 1. The highest BCUT2D eigenvalue weighted by Crippen LogP contribution is 2.28. The number of aromatic nitrogens is 2. The monoisotopic (exact) mass is 313 g/mol. The summed E-state index contributed by atoms with van der Waals surface area (Å²) in [5.41, 5.74) is 2.25. The second kappa shape index (κ2) is 5.23. The van der Waals surface area contributed by atoms with Crippen molar-refractivity contribution < 1.29 is 0 Å². The van der Waals surface area contributed by atoms with E-state index in [2.05, 4.69) is 51.6 Å². The molecule has 0 aliphatic carbocycles. The van der Waals surface area contributed by atoms with Gasteiger partial charge in [-0.25, -0.2) is 0 Å². The van der Waals surface area contributed by atoms with Crippen LogP contribution in [0, 0.1) is 0 Å². The van der Waals surface area contributed by atoms with Crippen LogP contribution in [-0.2, 0) is 13.5 Å². The lowest BCUT2D eigenvalue weighted by Crippen LogP contribution is -2.05. The number of halogens is 1. The number of nitrogens with one attached hydrogen (secondary N) is 1. The van der Waals surface area contributed by atoms with Gasteiger partial charge in [0.15, 0.2) is 0 Å². The van der Waals surface area contributed by atoms with Crippen LogP contribution in [0.25, 0.3) is 0 Å². The Morgan fingerprint density at radius 1 is 1.59 bits per heavy atom. The van der Waals surface area contributed by atoms with Crippen molar-refractivity contribution in [2.75, 3.05) is 5.32 Å². The second-order valence-electron chi connectivity index (χ2n) is 4.05. The first-order chi connectivity index (χ1) is 8.10. The van der Waals surface area contributed by atoms with Gasteiger partial charge in [0.1, 0.15) is 0 Å². The predicted octanol–water partition coefficient (Wildman–Crippen LogP) is 3.98. The molecule has 0 saturated carbocycles. The number of nitrogens with zero attached hydrogens (tertiary/aromatic N) is 2. The first-order valence-corrected chi connectivity index (χ1v) is 7.30. The molecule has 0 radical (unpaired) electrons. The summed E-state index contributed by atoms with van der Waals surface area (Å²) in [6.07, 6.45) is 2.99. The molecular weight excluding hydrogens is 298 g/mol. The average molecular weight is 314 g/mol. The van der Waals surface area contributed by atoms with Crippen LogP contribution in [0.15, 0.2) is 22.1 Å². The van der Waals surface area contributed by atoms with Gasteiger partial charge in [-0.15, -0.1) is 11.3 Å².